The predicted molar refractivity (Wildman–Crippen MR) is 165 cm³/mol. The Morgan fingerprint density at radius 2 is 1.00 bits per heavy atom. The van der Waals surface area contributed by atoms with Crippen LogP contribution < -0.4 is 0 Å². The van der Waals surface area contributed by atoms with Gasteiger partial charge in [0.05, 0.1) is 12.7 Å². The van der Waals surface area contributed by atoms with Gasteiger partial charge in [-0.1, -0.05) is 90.7 Å². The van der Waals surface area contributed by atoms with E-state index in [0.29, 0.717) is 11.1 Å². The summed E-state index contributed by atoms with van der Waals surface area (Å²) in [5, 5.41) is 39.5. The molecule has 0 aliphatic rings. The average Bonchev–Trinajstić information content (AvgIpc) is 3.73. The SMILES string of the molecule is N#C/C(=N\O)c1ccc(Br)cc1.N#C/C(=N\O)c1ccc(Br)cc1.c1cn(Cc2ccc(Cn3ccnc3)cc2)cn1. The fourth-order valence-corrected chi connectivity index (χ4v) is 3.97. The molecule has 10 nitrogen and oxygen atoms in total. The number of hydrogen-bond acceptors (Lipinski definition) is 8. The summed E-state index contributed by atoms with van der Waals surface area (Å²) in [5.41, 5.74) is 3.79. The van der Waals surface area contributed by atoms with Gasteiger partial charge < -0.3 is 19.5 Å². The quantitative estimate of drug-likeness (QED) is 0.119. The zero-order valence-corrected chi connectivity index (χ0v) is 25.2. The molecule has 2 aromatic heterocycles. The molecule has 0 aliphatic heterocycles. The molecule has 210 valence electrons. The lowest BCUT2D eigenvalue weighted by Gasteiger charge is -2.05. The Labute approximate surface area is 259 Å². The summed E-state index contributed by atoms with van der Waals surface area (Å²) < 4.78 is 5.96. The van der Waals surface area contributed by atoms with E-state index in [4.69, 9.17) is 20.9 Å². The minimum absolute atomic E-state index is 0.0162. The zero-order valence-electron chi connectivity index (χ0n) is 22.0. The molecule has 0 aliphatic carbocycles. The van der Waals surface area contributed by atoms with Gasteiger partial charge in [0, 0.05) is 57.9 Å². The molecule has 0 spiro atoms. The maximum absolute atomic E-state index is 8.50. The van der Waals surface area contributed by atoms with Crippen molar-refractivity contribution < 1.29 is 10.4 Å². The van der Waals surface area contributed by atoms with E-state index in [1.807, 2.05) is 25.0 Å². The smallest absolute Gasteiger partial charge is 0.186 e. The van der Waals surface area contributed by atoms with Crippen molar-refractivity contribution in [3.63, 3.8) is 0 Å². The van der Waals surface area contributed by atoms with Crippen LogP contribution in [0.1, 0.15) is 22.3 Å². The molecule has 0 amide bonds. The number of halogens is 2. The van der Waals surface area contributed by atoms with E-state index in [1.54, 1.807) is 73.1 Å². The Morgan fingerprint density at radius 1 is 0.643 bits per heavy atom. The molecule has 0 radical (unpaired) electrons. The lowest BCUT2D eigenvalue weighted by atomic mass is 10.1. The maximum Gasteiger partial charge on any atom is 0.186 e. The Kier molecular flexibility index (Phi) is 12.7. The number of nitriles is 2. The largest absolute Gasteiger partial charge is 0.410 e. The van der Waals surface area contributed by atoms with Crippen LogP contribution in [-0.4, -0.2) is 40.9 Å². The number of benzene rings is 3. The van der Waals surface area contributed by atoms with Gasteiger partial charge in [-0.25, -0.2) is 9.97 Å². The Balaban J connectivity index is 0.000000180. The van der Waals surface area contributed by atoms with Crippen molar-refractivity contribution in [3.8, 4) is 12.1 Å². The molecule has 2 heterocycles. The first kappa shape index (κ1) is 31.5. The van der Waals surface area contributed by atoms with Crippen molar-refractivity contribution in [2.24, 2.45) is 10.3 Å². The minimum Gasteiger partial charge on any atom is -0.410 e. The van der Waals surface area contributed by atoms with Crippen LogP contribution in [0, 0.1) is 22.7 Å². The standard InChI is InChI=1S/C14H14N4.2C8H5BrN2O/c1-2-14(10-18-8-6-16-12-18)4-3-13(1)9-17-7-5-15-11-17;2*9-7-3-1-6(2-4-7)8(5-10)11-12/h1-8,11-12H,9-10H2;2*1-4,12H/b;2*11-8+. The van der Waals surface area contributed by atoms with Crippen molar-refractivity contribution in [3.05, 3.63) is 141 Å². The van der Waals surface area contributed by atoms with Crippen molar-refractivity contribution in [2.45, 2.75) is 13.1 Å². The van der Waals surface area contributed by atoms with E-state index in [0.717, 1.165) is 22.0 Å². The first-order valence-electron chi connectivity index (χ1n) is 12.2. The molecule has 2 N–H and O–H groups in total. The van der Waals surface area contributed by atoms with Gasteiger partial charge in [0.1, 0.15) is 12.1 Å². The third-order valence-electron chi connectivity index (χ3n) is 5.52. The Hall–Kier alpha value is -5.04. The predicted octanol–water partition coefficient (Wildman–Crippen LogP) is 6.48. The summed E-state index contributed by atoms with van der Waals surface area (Å²) in [7, 11) is 0. The molecule has 0 saturated carbocycles. The third-order valence-corrected chi connectivity index (χ3v) is 6.58. The Bertz CT molecular complexity index is 1530. The molecule has 3 aromatic carbocycles. The molecule has 12 heteroatoms. The van der Waals surface area contributed by atoms with Crippen LogP contribution in [0.5, 0.6) is 0 Å². The molecule has 0 atom stereocenters. The van der Waals surface area contributed by atoms with E-state index in [9.17, 15) is 0 Å². The van der Waals surface area contributed by atoms with Gasteiger partial charge in [-0.15, -0.1) is 0 Å². The van der Waals surface area contributed by atoms with Crippen LogP contribution >= 0.6 is 31.9 Å². The van der Waals surface area contributed by atoms with Gasteiger partial charge in [-0.05, 0) is 35.4 Å². The number of nitrogens with zero attached hydrogens (tertiary/aromatic N) is 8. The molecule has 5 aromatic rings. The fourth-order valence-electron chi connectivity index (χ4n) is 3.44. The molecular weight excluding hydrogens is 664 g/mol. The van der Waals surface area contributed by atoms with Crippen molar-refractivity contribution in [1.29, 1.82) is 10.5 Å². The number of oxime groups is 2. The highest BCUT2D eigenvalue weighted by molar-refractivity contribution is 9.10. The lowest BCUT2D eigenvalue weighted by molar-refractivity contribution is 0.320. The van der Waals surface area contributed by atoms with Crippen LogP contribution in [0.2, 0.25) is 0 Å². The van der Waals surface area contributed by atoms with E-state index in [-0.39, 0.29) is 11.4 Å². The average molecular weight is 688 g/mol. The molecular formula is C30H24Br2N8O2. The van der Waals surface area contributed by atoms with E-state index >= 15 is 0 Å². The first-order valence-corrected chi connectivity index (χ1v) is 13.8. The van der Waals surface area contributed by atoms with Gasteiger partial charge in [0.15, 0.2) is 11.4 Å². The first-order chi connectivity index (χ1) is 20.4. The summed E-state index contributed by atoms with van der Waals surface area (Å²) in [6.45, 7) is 1.73. The number of aromatic nitrogens is 4. The minimum atomic E-state index is 0.0162. The number of hydrogen-bond donors (Lipinski definition) is 2. The summed E-state index contributed by atoms with van der Waals surface area (Å²) in [5.74, 6) is 0. The van der Waals surface area contributed by atoms with E-state index in [2.05, 4.69) is 85.5 Å². The second kappa shape index (κ2) is 16.9. The molecule has 42 heavy (non-hydrogen) atoms. The van der Waals surface area contributed by atoms with Crippen LogP contribution in [-0.2, 0) is 13.1 Å². The maximum atomic E-state index is 8.50. The van der Waals surface area contributed by atoms with Gasteiger partial charge in [-0.2, -0.15) is 10.5 Å². The van der Waals surface area contributed by atoms with Crippen molar-refractivity contribution in [2.75, 3.05) is 0 Å². The molecule has 0 unspecified atom stereocenters. The van der Waals surface area contributed by atoms with Gasteiger partial charge >= 0.3 is 0 Å². The van der Waals surface area contributed by atoms with E-state index in [1.165, 1.54) is 11.1 Å². The highest BCUT2D eigenvalue weighted by Gasteiger charge is 2.02. The van der Waals surface area contributed by atoms with Crippen molar-refractivity contribution >= 4 is 43.3 Å². The summed E-state index contributed by atoms with van der Waals surface area (Å²) in [4.78, 5) is 8.08. The summed E-state index contributed by atoms with van der Waals surface area (Å²) in [6.07, 6.45) is 11.2. The number of rotatable bonds is 6. The second-order valence-electron chi connectivity index (χ2n) is 8.42. The van der Waals surface area contributed by atoms with Crippen LogP contribution in [0.25, 0.3) is 0 Å². The van der Waals surface area contributed by atoms with E-state index < -0.39 is 0 Å². The lowest BCUT2D eigenvalue weighted by Crippen LogP contribution is -1.99. The fraction of sp³-hybridized carbons (Fsp3) is 0.0667. The summed E-state index contributed by atoms with van der Waals surface area (Å²) in [6, 6.07) is 26.1. The monoisotopic (exact) mass is 686 g/mol. The van der Waals surface area contributed by atoms with Crippen molar-refractivity contribution in [1.82, 2.24) is 19.1 Å². The molecule has 0 fully saturated rings. The molecule has 0 bridgehead atoms. The van der Waals surface area contributed by atoms with Crippen LogP contribution in [0.4, 0.5) is 0 Å². The normalized spacial score (nSPS) is 10.8. The van der Waals surface area contributed by atoms with Gasteiger partial charge in [0.25, 0.3) is 0 Å². The van der Waals surface area contributed by atoms with Crippen LogP contribution in [0.15, 0.2) is 129 Å². The molecule has 0 saturated heterocycles. The zero-order chi connectivity index (χ0) is 30.2. The van der Waals surface area contributed by atoms with Crippen LogP contribution in [0.3, 0.4) is 0 Å². The topological polar surface area (TPSA) is 148 Å². The second-order valence-corrected chi connectivity index (χ2v) is 10.3. The Morgan fingerprint density at radius 3 is 1.26 bits per heavy atom. The van der Waals surface area contributed by atoms with Gasteiger partial charge in [0.2, 0.25) is 0 Å². The molecule has 5 rings (SSSR count). The highest BCUT2D eigenvalue weighted by Crippen LogP contribution is 2.12. The summed E-state index contributed by atoms with van der Waals surface area (Å²) >= 11 is 6.51. The number of imidazole rings is 2. The van der Waals surface area contributed by atoms with Gasteiger partial charge in [-0.3, -0.25) is 0 Å². The highest BCUT2D eigenvalue weighted by atomic mass is 79.9. The third kappa shape index (κ3) is 10.2.